The molecule has 8 nitrogen and oxygen atoms in total. The summed E-state index contributed by atoms with van der Waals surface area (Å²) in [6.45, 7) is 0. The number of nitro groups is 1. The lowest BCUT2D eigenvalue weighted by atomic mass is 10.1. The average Bonchev–Trinajstić information content (AvgIpc) is 3.01. The summed E-state index contributed by atoms with van der Waals surface area (Å²) in [5.74, 6) is -0.185. The quantitative estimate of drug-likeness (QED) is 0.335. The van der Waals surface area contributed by atoms with Gasteiger partial charge in [0.05, 0.1) is 30.8 Å². The van der Waals surface area contributed by atoms with Crippen LogP contribution in [-0.4, -0.2) is 31.0 Å². The molecule has 0 saturated carbocycles. The number of halogens is 1. The fourth-order valence-corrected chi connectivity index (χ4v) is 2.65. The van der Waals surface area contributed by atoms with E-state index in [1.54, 1.807) is 24.3 Å². The maximum absolute atomic E-state index is 12.1. The largest absolute Gasteiger partial charge is 0.493 e. The normalized spacial score (nSPS) is 14.7. The standard InChI is InChI=1S/C18H13ClN2O6/c1-25-15-8-11(14(21(23)24)9-16(15)26-2)7-13-18(22)27-17(20-13)10-4-3-5-12(19)6-10/h3-9H,1-2H3/b13-7-. The molecule has 2 aromatic rings. The zero-order valence-electron chi connectivity index (χ0n) is 14.3. The molecule has 0 saturated heterocycles. The van der Waals surface area contributed by atoms with Crippen LogP contribution in [0, 0.1) is 10.1 Å². The number of benzene rings is 2. The Morgan fingerprint density at radius 1 is 1.19 bits per heavy atom. The van der Waals surface area contributed by atoms with Crippen molar-refractivity contribution in [2.75, 3.05) is 14.2 Å². The number of carbonyl (C=O) groups excluding carboxylic acids is 1. The zero-order chi connectivity index (χ0) is 19.6. The predicted molar refractivity (Wildman–Crippen MR) is 98.3 cm³/mol. The predicted octanol–water partition coefficient (Wildman–Crippen LogP) is 3.61. The highest BCUT2D eigenvalue weighted by molar-refractivity contribution is 6.31. The molecular formula is C18H13ClN2O6. The van der Waals surface area contributed by atoms with Crippen molar-refractivity contribution in [3.05, 3.63) is 68.4 Å². The summed E-state index contributed by atoms with van der Waals surface area (Å²) in [5.41, 5.74) is 0.293. The Kier molecular flexibility index (Phi) is 5.09. The van der Waals surface area contributed by atoms with Crippen LogP contribution < -0.4 is 9.47 Å². The van der Waals surface area contributed by atoms with Gasteiger partial charge in [-0.1, -0.05) is 17.7 Å². The Morgan fingerprint density at radius 3 is 2.52 bits per heavy atom. The average molecular weight is 389 g/mol. The van der Waals surface area contributed by atoms with Crippen LogP contribution in [0.1, 0.15) is 11.1 Å². The van der Waals surface area contributed by atoms with Gasteiger partial charge in [0.25, 0.3) is 5.69 Å². The Labute approximate surface area is 158 Å². The van der Waals surface area contributed by atoms with Crippen molar-refractivity contribution in [2.45, 2.75) is 0 Å². The van der Waals surface area contributed by atoms with Crippen molar-refractivity contribution in [1.29, 1.82) is 0 Å². The number of methoxy groups -OCH3 is 2. The highest BCUT2D eigenvalue weighted by atomic mass is 35.5. The first-order chi connectivity index (χ1) is 12.9. The summed E-state index contributed by atoms with van der Waals surface area (Å²) in [6, 6.07) is 9.24. The highest BCUT2D eigenvalue weighted by Gasteiger charge is 2.26. The van der Waals surface area contributed by atoms with Gasteiger partial charge in [-0.2, -0.15) is 0 Å². The van der Waals surface area contributed by atoms with E-state index in [4.69, 9.17) is 25.8 Å². The number of hydrogen-bond acceptors (Lipinski definition) is 7. The molecule has 3 rings (SSSR count). The summed E-state index contributed by atoms with van der Waals surface area (Å²) >= 11 is 5.93. The summed E-state index contributed by atoms with van der Waals surface area (Å²) in [7, 11) is 2.77. The first-order valence-electron chi connectivity index (χ1n) is 7.62. The van der Waals surface area contributed by atoms with Crippen molar-refractivity contribution in [2.24, 2.45) is 4.99 Å². The fourth-order valence-electron chi connectivity index (χ4n) is 2.46. The lowest BCUT2D eigenvalue weighted by Crippen LogP contribution is -2.05. The Morgan fingerprint density at radius 2 is 1.89 bits per heavy atom. The van der Waals surface area contributed by atoms with E-state index >= 15 is 0 Å². The topological polar surface area (TPSA) is 100 Å². The molecule has 0 amide bonds. The van der Waals surface area contributed by atoms with Gasteiger partial charge in [0, 0.05) is 10.6 Å². The maximum atomic E-state index is 12.1. The molecule has 1 aliphatic heterocycles. The summed E-state index contributed by atoms with van der Waals surface area (Å²) in [5, 5.41) is 11.8. The van der Waals surface area contributed by atoms with Crippen LogP contribution in [0.3, 0.4) is 0 Å². The molecule has 1 heterocycles. The molecule has 0 aromatic heterocycles. The van der Waals surface area contributed by atoms with Gasteiger partial charge in [-0.3, -0.25) is 10.1 Å². The molecule has 0 radical (unpaired) electrons. The van der Waals surface area contributed by atoms with Gasteiger partial charge < -0.3 is 14.2 Å². The van der Waals surface area contributed by atoms with Crippen LogP contribution >= 0.6 is 11.6 Å². The van der Waals surface area contributed by atoms with Crippen LogP contribution in [0.4, 0.5) is 5.69 Å². The number of rotatable bonds is 5. The molecule has 2 aromatic carbocycles. The van der Waals surface area contributed by atoms with Crippen molar-refractivity contribution < 1.29 is 23.9 Å². The number of nitrogens with zero attached hydrogens (tertiary/aromatic N) is 2. The Bertz CT molecular complexity index is 999. The van der Waals surface area contributed by atoms with E-state index in [9.17, 15) is 14.9 Å². The van der Waals surface area contributed by atoms with Crippen LogP contribution in [0.25, 0.3) is 6.08 Å². The number of esters is 1. The Hall–Kier alpha value is -3.39. The lowest BCUT2D eigenvalue weighted by molar-refractivity contribution is -0.385. The molecule has 0 bridgehead atoms. The second-order valence-electron chi connectivity index (χ2n) is 5.37. The molecule has 138 valence electrons. The molecule has 27 heavy (non-hydrogen) atoms. The van der Waals surface area contributed by atoms with Gasteiger partial charge in [0.15, 0.2) is 17.2 Å². The van der Waals surface area contributed by atoms with E-state index in [1.807, 2.05) is 0 Å². The zero-order valence-corrected chi connectivity index (χ0v) is 15.0. The highest BCUT2D eigenvalue weighted by Crippen LogP contribution is 2.36. The van der Waals surface area contributed by atoms with Crippen LogP contribution in [0.5, 0.6) is 11.5 Å². The molecule has 0 fully saturated rings. The van der Waals surface area contributed by atoms with E-state index in [0.717, 1.165) is 0 Å². The van der Waals surface area contributed by atoms with E-state index in [2.05, 4.69) is 4.99 Å². The summed E-state index contributed by atoms with van der Waals surface area (Å²) in [4.78, 5) is 27.1. The number of hydrogen-bond donors (Lipinski definition) is 0. The summed E-state index contributed by atoms with van der Waals surface area (Å²) in [6.07, 6.45) is 1.26. The lowest BCUT2D eigenvalue weighted by Gasteiger charge is -2.08. The molecule has 1 aliphatic rings. The van der Waals surface area contributed by atoms with Gasteiger partial charge in [0.1, 0.15) is 0 Å². The fraction of sp³-hybridized carbons (Fsp3) is 0.111. The van der Waals surface area contributed by atoms with Gasteiger partial charge in [-0.15, -0.1) is 0 Å². The number of cyclic esters (lactones) is 1. The molecule has 0 aliphatic carbocycles. The second kappa shape index (κ2) is 7.46. The van der Waals surface area contributed by atoms with Crippen molar-refractivity contribution in [3.63, 3.8) is 0 Å². The minimum Gasteiger partial charge on any atom is -0.493 e. The third-order valence-corrected chi connectivity index (χ3v) is 3.95. The second-order valence-corrected chi connectivity index (χ2v) is 5.81. The molecule has 0 spiro atoms. The van der Waals surface area contributed by atoms with E-state index in [-0.39, 0.29) is 34.3 Å². The SMILES string of the molecule is COc1cc(/C=C2\N=C(c3cccc(Cl)c3)OC2=O)c([N+](=O)[O-])cc1OC. The molecule has 9 heteroatoms. The molecular weight excluding hydrogens is 376 g/mol. The van der Waals surface area contributed by atoms with Gasteiger partial charge in [-0.25, -0.2) is 9.79 Å². The van der Waals surface area contributed by atoms with Crippen molar-refractivity contribution >= 4 is 35.2 Å². The van der Waals surface area contributed by atoms with Crippen LogP contribution in [0.15, 0.2) is 47.1 Å². The first kappa shape index (κ1) is 18.4. The smallest absolute Gasteiger partial charge is 0.363 e. The monoisotopic (exact) mass is 388 g/mol. The third kappa shape index (κ3) is 3.75. The van der Waals surface area contributed by atoms with Crippen molar-refractivity contribution in [1.82, 2.24) is 0 Å². The third-order valence-electron chi connectivity index (χ3n) is 3.71. The number of ether oxygens (including phenoxy) is 3. The van der Waals surface area contributed by atoms with Crippen LogP contribution in [-0.2, 0) is 9.53 Å². The molecule has 0 atom stereocenters. The molecule has 0 N–H and O–H groups in total. The van der Waals surface area contributed by atoms with Gasteiger partial charge in [-0.05, 0) is 30.3 Å². The van der Waals surface area contributed by atoms with Gasteiger partial charge >= 0.3 is 5.97 Å². The van der Waals surface area contributed by atoms with E-state index < -0.39 is 10.9 Å². The van der Waals surface area contributed by atoms with Gasteiger partial charge in [0.2, 0.25) is 5.90 Å². The van der Waals surface area contributed by atoms with E-state index in [1.165, 1.54) is 32.4 Å². The summed E-state index contributed by atoms with van der Waals surface area (Å²) < 4.78 is 15.4. The van der Waals surface area contributed by atoms with Crippen LogP contribution in [0.2, 0.25) is 5.02 Å². The van der Waals surface area contributed by atoms with Crippen molar-refractivity contribution in [3.8, 4) is 11.5 Å². The minimum absolute atomic E-state index is 0.0666. The number of aliphatic imine (C=N–C) groups is 1. The minimum atomic E-state index is -0.728. The van der Waals surface area contributed by atoms with E-state index in [0.29, 0.717) is 10.6 Å². The number of nitro benzene ring substituents is 1. The first-order valence-corrected chi connectivity index (χ1v) is 7.99. The molecule has 0 unspecified atom stereocenters. The maximum Gasteiger partial charge on any atom is 0.363 e. The number of carbonyl (C=O) groups is 1. The Balaban J connectivity index is 2.07.